The standard InChI is InChI=1S/C24H20N4O4S/c1-31-17-10-11-21(32-2)18(13-17)20-14-33-24(27-20)28-22(29)15-6-8-16(9-7-15)26-23(30)19-5-3-4-12-25-19/h3-14H,1-2H3,(H,26,30)(H,27,28,29). The summed E-state index contributed by atoms with van der Waals surface area (Å²) in [4.78, 5) is 33.4. The number of methoxy groups -OCH3 is 2. The number of thiazole rings is 1. The van der Waals surface area contributed by atoms with Crippen molar-refractivity contribution in [2.75, 3.05) is 24.9 Å². The number of pyridine rings is 1. The Bertz CT molecular complexity index is 1270. The van der Waals surface area contributed by atoms with Gasteiger partial charge < -0.3 is 14.8 Å². The van der Waals surface area contributed by atoms with Gasteiger partial charge in [-0.1, -0.05) is 6.07 Å². The van der Waals surface area contributed by atoms with Crippen molar-refractivity contribution in [3.63, 3.8) is 0 Å². The molecule has 0 unspecified atom stereocenters. The van der Waals surface area contributed by atoms with Gasteiger partial charge in [0.05, 0.1) is 19.9 Å². The Morgan fingerprint density at radius 1 is 0.909 bits per heavy atom. The van der Waals surface area contributed by atoms with E-state index in [0.717, 1.165) is 5.56 Å². The van der Waals surface area contributed by atoms with Crippen LogP contribution in [0.25, 0.3) is 11.3 Å². The van der Waals surface area contributed by atoms with Gasteiger partial charge in [0.15, 0.2) is 5.13 Å². The number of carbonyl (C=O) groups is 2. The van der Waals surface area contributed by atoms with E-state index in [1.54, 1.807) is 75.0 Å². The number of aromatic nitrogens is 2. The normalized spacial score (nSPS) is 10.4. The highest BCUT2D eigenvalue weighted by Crippen LogP contribution is 2.35. The molecule has 0 saturated carbocycles. The molecule has 0 aliphatic carbocycles. The summed E-state index contributed by atoms with van der Waals surface area (Å²) in [6.45, 7) is 0. The Kier molecular flexibility index (Phi) is 6.61. The molecule has 33 heavy (non-hydrogen) atoms. The molecule has 2 amide bonds. The lowest BCUT2D eigenvalue weighted by molar-refractivity contribution is 0.101. The van der Waals surface area contributed by atoms with E-state index in [9.17, 15) is 9.59 Å². The van der Waals surface area contributed by atoms with Gasteiger partial charge in [-0.2, -0.15) is 0 Å². The van der Waals surface area contributed by atoms with E-state index >= 15 is 0 Å². The lowest BCUT2D eigenvalue weighted by Crippen LogP contribution is -2.14. The van der Waals surface area contributed by atoms with Crippen LogP contribution in [0.3, 0.4) is 0 Å². The van der Waals surface area contributed by atoms with Crippen molar-refractivity contribution in [3.05, 3.63) is 83.5 Å². The zero-order chi connectivity index (χ0) is 23.2. The van der Waals surface area contributed by atoms with Crippen LogP contribution < -0.4 is 20.1 Å². The van der Waals surface area contributed by atoms with Crippen molar-refractivity contribution in [2.24, 2.45) is 0 Å². The molecule has 0 atom stereocenters. The number of nitrogens with zero attached hydrogens (tertiary/aromatic N) is 2. The Morgan fingerprint density at radius 2 is 1.73 bits per heavy atom. The SMILES string of the molecule is COc1ccc(OC)c(-c2csc(NC(=O)c3ccc(NC(=O)c4ccccn4)cc3)n2)c1. The van der Waals surface area contributed by atoms with Crippen molar-refractivity contribution in [1.29, 1.82) is 0 Å². The van der Waals surface area contributed by atoms with Gasteiger partial charge >= 0.3 is 0 Å². The van der Waals surface area contributed by atoms with Crippen LogP contribution in [0.1, 0.15) is 20.8 Å². The third kappa shape index (κ3) is 5.16. The first kappa shape index (κ1) is 22.0. The maximum Gasteiger partial charge on any atom is 0.274 e. The number of ether oxygens (including phenoxy) is 2. The Balaban J connectivity index is 1.43. The van der Waals surface area contributed by atoms with E-state index in [-0.39, 0.29) is 11.8 Å². The van der Waals surface area contributed by atoms with Crippen LogP contribution in [-0.4, -0.2) is 36.0 Å². The number of amides is 2. The molecule has 0 aliphatic rings. The smallest absolute Gasteiger partial charge is 0.274 e. The summed E-state index contributed by atoms with van der Waals surface area (Å²) >= 11 is 1.31. The quantitative estimate of drug-likeness (QED) is 0.413. The van der Waals surface area contributed by atoms with Crippen LogP contribution in [-0.2, 0) is 0 Å². The van der Waals surface area contributed by atoms with E-state index in [1.807, 2.05) is 11.4 Å². The topological polar surface area (TPSA) is 102 Å². The highest BCUT2D eigenvalue weighted by molar-refractivity contribution is 7.14. The van der Waals surface area contributed by atoms with Crippen molar-refractivity contribution >= 4 is 34.0 Å². The second kappa shape index (κ2) is 9.92. The lowest BCUT2D eigenvalue weighted by Gasteiger charge is -2.08. The third-order valence-electron chi connectivity index (χ3n) is 4.71. The zero-order valence-corrected chi connectivity index (χ0v) is 18.7. The summed E-state index contributed by atoms with van der Waals surface area (Å²) in [5.41, 5.74) is 2.73. The molecule has 9 heteroatoms. The predicted octanol–water partition coefficient (Wildman–Crippen LogP) is 4.73. The van der Waals surface area contributed by atoms with Crippen LogP contribution in [0.15, 0.2) is 72.2 Å². The van der Waals surface area contributed by atoms with Crippen LogP contribution in [0.4, 0.5) is 10.8 Å². The first-order valence-corrected chi connectivity index (χ1v) is 10.8. The summed E-state index contributed by atoms with van der Waals surface area (Å²) in [6, 6.07) is 17.1. The van der Waals surface area contributed by atoms with Gasteiger partial charge in [-0.15, -0.1) is 11.3 Å². The molecule has 0 saturated heterocycles. The van der Waals surface area contributed by atoms with Crippen molar-refractivity contribution in [3.8, 4) is 22.8 Å². The molecule has 8 nitrogen and oxygen atoms in total. The molecule has 2 N–H and O–H groups in total. The first-order chi connectivity index (χ1) is 16.1. The molecule has 0 aliphatic heterocycles. The largest absolute Gasteiger partial charge is 0.497 e. The molecule has 2 heterocycles. The van der Waals surface area contributed by atoms with Crippen LogP contribution >= 0.6 is 11.3 Å². The number of benzene rings is 2. The van der Waals surface area contributed by atoms with Gasteiger partial charge in [0, 0.05) is 28.4 Å². The fourth-order valence-electron chi connectivity index (χ4n) is 3.04. The van der Waals surface area contributed by atoms with E-state index in [2.05, 4.69) is 20.6 Å². The molecule has 0 fully saturated rings. The monoisotopic (exact) mass is 460 g/mol. The van der Waals surface area contributed by atoms with Crippen LogP contribution in [0.2, 0.25) is 0 Å². The highest BCUT2D eigenvalue weighted by atomic mass is 32.1. The number of rotatable bonds is 7. The molecule has 0 radical (unpaired) electrons. The number of hydrogen-bond donors (Lipinski definition) is 2. The Morgan fingerprint density at radius 3 is 2.42 bits per heavy atom. The van der Waals surface area contributed by atoms with E-state index in [0.29, 0.717) is 39.3 Å². The number of hydrogen-bond acceptors (Lipinski definition) is 7. The van der Waals surface area contributed by atoms with Crippen molar-refractivity contribution in [2.45, 2.75) is 0 Å². The van der Waals surface area contributed by atoms with Crippen LogP contribution in [0, 0.1) is 0 Å². The minimum Gasteiger partial charge on any atom is -0.497 e. The van der Waals surface area contributed by atoms with E-state index < -0.39 is 0 Å². The molecule has 0 bridgehead atoms. The molecule has 166 valence electrons. The van der Waals surface area contributed by atoms with Gasteiger partial charge in [0.2, 0.25) is 0 Å². The summed E-state index contributed by atoms with van der Waals surface area (Å²) < 4.78 is 10.7. The van der Waals surface area contributed by atoms with Gasteiger partial charge in [0.1, 0.15) is 17.2 Å². The van der Waals surface area contributed by atoms with Crippen LogP contribution in [0.5, 0.6) is 11.5 Å². The fraction of sp³-hybridized carbons (Fsp3) is 0.0833. The fourth-order valence-corrected chi connectivity index (χ4v) is 3.74. The number of anilines is 2. The lowest BCUT2D eigenvalue weighted by atomic mass is 10.1. The van der Waals surface area contributed by atoms with Gasteiger partial charge in [0.25, 0.3) is 11.8 Å². The molecule has 2 aromatic heterocycles. The minimum atomic E-state index is -0.323. The maximum atomic E-state index is 12.7. The van der Waals surface area contributed by atoms with E-state index in [4.69, 9.17) is 9.47 Å². The third-order valence-corrected chi connectivity index (χ3v) is 5.47. The summed E-state index contributed by atoms with van der Waals surface area (Å²) in [5, 5.41) is 7.84. The second-order valence-corrected chi connectivity index (χ2v) is 7.66. The molecule has 4 aromatic rings. The maximum absolute atomic E-state index is 12.7. The average molecular weight is 461 g/mol. The first-order valence-electron chi connectivity index (χ1n) is 9.89. The molecular weight excluding hydrogens is 440 g/mol. The molecule has 2 aromatic carbocycles. The number of nitrogens with one attached hydrogen (secondary N) is 2. The Labute approximate surface area is 194 Å². The molecule has 4 rings (SSSR count). The highest BCUT2D eigenvalue weighted by Gasteiger charge is 2.14. The average Bonchev–Trinajstić information content (AvgIpc) is 3.32. The second-order valence-electron chi connectivity index (χ2n) is 6.80. The molecular formula is C24H20N4O4S. The van der Waals surface area contributed by atoms with Gasteiger partial charge in [-0.3, -0.25) is 19.9 Å². The zero-order valence-electron chi connectivity index (χ0n) is 17.9. The summed E-state index contributed by atoms with van der Waals surface area (Å²) in [6.07, 6.45) is 1.55. The predicted molar refractivity (Wildman–Crippen MR) is 127 cm³/mol. The van der Waals surface area contributed by atoms with Crippen molar-refractivity contribution < 1.29 is 19.1 Å². The molecule has 0 spiro atoms. The summed E-state index contributed by atoms with van der Waals surface area (Å²) in [7, 11) is 3.18. The summed E-state index contributed by atoms with van der Waals surface area (Å²) in [5.74, 6) is 0.703. The van der Waals surface area contributed by atoms with Gasteiger partial charge in [-0.05, 0) is 54.6 Å². The van der Waals surface area contributed by atoms with Gasteiger partial charge in [-0.25, -0.2) is 4.98 Å². The number of carbonyl (C=O) groups excluding carboxylic acids is 2. The van der Waals surface area contributed by atoms with Crippen molar-refractivity contribution in [1.82, 2.24) is 9.97 Å². The van der Waals surface area contributed by atoms with E-state index in [1.165, 1.54) is 11.3 Å². The Hall–Kier alpha value is -4.24. The minimum absolute atomic E-state index is 0.309.